The molecule has 1 amide bonds. The lowest BCUT2D eigenvalue weighted by molar-refractivity contribution is 0.0915. The van der Waals surface area contributed by atoms with E-state index >= 15 is 0 Å². The van der Waals surface area contributed by atoms with Crippen molar-refractivity contribution in [1.82, 2.24) is 15.3 Å². The number of nitrogens with zero attached hydrogens (tertiary/aromatic N) is 2. The molecule has 0 unspecified atom stereocenters. The summed E-state index contributed by atoms with van der Waals surface area (Å²) in [5.41, 5.74) is 5.54. The van der Waals surface area contributed by atoms with E-state index in [2.05, 4.69) is 15.3 Å². The maximum atomic E-state index is 11.7. The first-order valence-corrected chi connectivity index (χ1v) is 4.76. The van der Waals surface area contributed by atoms with Crippen LogP contribution in [-0.4, -0.2) is 28.0 Å². The van der Waals surface area contributed by atoms with Gasteiger partial charge in [0.05, 0.1) is 5.56 Å². The van der Waals surface area contributed by atoms with Crippen molar-refractivity contribution in [3.05, 3.63) is 23.8 Å². The van der Waals surface area contributed by atoms with Crippen molar-refractivity contribution in [3.63, 3.8) is 0 Å². The predicted molar refractivity (Wildman–Crippen MR) is 57.4 cm³/mol. The fourth-order valence-electron chi connectivity index (χ4n) is 0.940. The van der Waals surface area contributed by atoms with Crippen LogP contribution < -0.4 is 11.1 Å². The van der Waals surface area contributed by atoms with E-state index < -0.39 is 5.54 Å². The number of hydrogen-bond donors (Lipinski definition) is 2. The Morgan fingerprint density at radius 1 is 1.47 bits per heavy atom. The summed E-state index contributed by atoms with van der Waals surface area (Å²) >= 11 is 0. The van der Waals surface area contributed by atoms with Crippen LogP contribution in [0.15, 0.2) is 12.4 Å². The quantitative estimate of drug-likeness (QED) is 0.746. The van der Waals surface area contributed by atoms with E-state index in [9.17, 15) is 4.79 Å². The highest BCUT2D eigenvalue weighted by atomic mass is 16.1. The first kappa shape index (κ1) is 11.6. The molecule has 1 aromatic heterocycles. The number of amides is 1. The maximum absolute atomic E-state index is 11.7. The number of hydrogen-bond acceptors (Lipinski definition) is 4. The molecule has 0 atom stereocenters. The smallest absolute Gasteiger partial charge is 0.254 e. The van der Waals surface area contributed by atoms with Gasteiger partial charge in [0.1, 0.15) is 5.82 Å². The Balaban J connectivity index is 2.74. The molecule has 0 saturated carbocycles. The molecule has 0 spiro atoms. The molecule has 0 fully saturated rings. The van der Waals surface area contributed by atoms with Crippen molar-refractivity contribution in [2.45, 2.75) is 26.3 Å². The van der Waals surface area contributed by atoms with Crippen LogP contribution in [0.25, 0.3) is 0 Å². The Morgan fingerprint density at radius 3 is 2.47 bits per heavy atom. The molecule has 0 aliphatic carbocycles. The fraction of sp³-hybridized carbons (Fsp3) is 0.500. The first-order valence-electron chi connectivity index (χ1n) is 4.76. The minimum absolute atomic E-state index is 0.203. The van der Waals surface area contributed by atoms with Crippen LogP contribution in [0.3, 0.4) is 0 Å². The van der Waals surface area contributed by atoms with Crippen LogP contribution in [-0.2, 0) is 0 Å². The second-order valence-corrected chi connectivity index (χ2v) is 4.06. The van der Waals surface area contributed by atoms with Gasteiger partial charge in [-0.15, -0.1) is 0 Å². The molecule has 5 heteroatoms. The van der Waals surface area contributed by atoms with E-state index in [1.807, 2.05) is 13.8 Å². The summed E-state index contributed by atoms with van der Waals surface area (Å²) in [6.45, 7) is 5.87. The van der Waals surface area contributed by atoms with Gasteiger partial charge >= 0.3 is 0 Å². The Labute approximate surface area is 89.1 Å². The van der Waals surface area contributed by atoms with E-state index in [4.69, 9.17) is 5.73 Å². The lowest BCUT2D eigenvalue weighted by Crippen LogP contribution is -2.48. The predicted octanol–water partition coefficient (Wildman–Crippen LogP) is 0.252. The Hall–Kier alpha value is -1.49. The van der Waals surface area contributed by atoms with Crippen LogP contribution >= 0.6 is 0 Å². The van der Waals surface area contributed by atoms with Gasteiger partial charge in [-0.05, 0) is 20.8 Å². The van der Waals surface area contributed by atoms with Gasteiger partial charge in [-0.2, -0.15) is 0 Å². The SMILES string of the molecule is Cc1ncc(C(=O)NC(C)(C)CN)cn1. The molecular formula is C10H16N4O. The maximum Gasteiger partial charge on any atom is 0.254 e. The summed E-state index contributed by atoms with van der Waals surface area (Å²) in [5, 5.41) is 2.80. The molecule has 1 rings (SSSR count). The van der Waals surface area contributed by atoms with E-state index in [0.29, 0.717) is 17.9 Å². The summed E-state index contributed by atoms with van der Waals surface area (Å²) in [4.78, 5) is 19.6. The van der Waals surface area contributed by atoms with Crippen molar-refractivity contribution < 1.29 is 4.79 Å². The molecule has 5 nitrogen and oxygen atoms in total. The standard InChI is InChI=1S/C10H16N4O/c1-7-12-4-8(5-13-7)9(15)14-10(2,3)6-11/h4-5H,6,11H2,1-3H3,(H,14,15). The molecule has 0 saturated heterocycles. The minimum Gasteiger partial charge on any atom is -0.346 e. The Kier molecular flexibility index (Phi) is 3.36. The van der Waals surface area contributed by atoms with Gasteiger partial charge in [-0.25, -0.2) is 9.97 Å². The first-order chi connectivity index (χ1) is 6.94. The number of rotatable bonds is 3. The summed E-state index contributed by atoms with van der Waals surface area (Å²) in [7, 11) is 0. The van der Waals surface area contributed by atoms with Gasteiger partial charge < -0.3 is 11.1 Å². The molecule has 0 bridgehead atoms. The summed E-state index contributed by atoms with van der Waals surface area (Å²) < 4.78 is 0. The van der Waals surface area contributed by atoms with Crippen LogP contribution in [0.4, 0.5) is 0 Å². The highest BCUT2D eigenvalue weighted by Crippen LogP contribution is 2.02. The normalized spacial score (nSPS) is 11.2. The van der Waals surface area contributed by atoms with E-state index in [1.54, 1.807) is 6.92 Å². The number of aromatic nitrogens is 2. The van der Waals surface area contributed by atoms with Gasteiger partial charge in [0.2, 0.25) is 0 Å². The van der Waals surface area contributed by atoms with E-state index in [-0.39, 0.29) is 5.91 Å². The lowest BCUT2D eigenvalue weighted by Gasteiger charge is -2.23. The molecule has 15 heavy (non-hydrogen) atoms. The lowest BCUT2D eigenvalue weighted by atomic mass is 10.1. The highest BCUT2D eigenvalue weighted by molar-refractivity contribution is 5.94. The second-order valence-electron chi connectivity index (χ2n) is 4.06. The number of aryl methyl sites for hydroxylation is 1. The topological polar surface area (TPSA) is 80.9 Å². The molecule has 0 radical (unpaired) electrons. The summed E-state index contributed by atoms with van der Waals surface area (Å²) in [6, 6.07) is 0. The van der Waals surface area contributed by atoms with Crippen LogP contribution in [0.5, 0.6) is 0 Å². The van der Waals surface area contributed by atoms with E-state index in [0.717, 1.165) is 0 Å². The van der Waals surface area contributed by atoms with Gasteiger partial charge in [-0.3, -0.25) is 4.79 Å². The fourth-order valence-corrected chi connectivity index (χ4v) is 0.940. The molecule has 0 aliphatic rings. The van der Waals surface area contributed by atoms with Gasteiger partial charge in [0.25, 0.3) is 5.91 Å². The third kappa shape index (κ3) is 3.28. The number of nitrogens with two attached hydrogens (primary N) is 1. The molecule has 1 heterocycles. The average Bonchev–Trinajstić information content (AvgIpc) is 2.18. The third-order valence-electron chi connectivity index (χ3n) is 2.01. The molecule has 0 aliphatic heterocycles. The van der Waals surface area contributed by atoms with Crippen LogP contribution in [0.2, 0.25) is 0 Å². The highest BCUT2D eigenvalue weighted by Gasteiger charge is 2.19. The molecule has 3 N–H and O–H groups in total. The van der Waals surface area contributed by atoms with Crippen molar-refractivity contribution in [2.75, 3.05) is 6.54 Å². The summed E-state index contributed by atoms with van der Waals surface area (Å²) in [5.74, 6) is 0.440. The van der Waals surface area contributed by atoms with Crippen molar-refractivity contribution >= 4 is 5.91 Å². The van der Waals surface area contributed by atoms with Crippen LogP contribution in [0.1, 0.15) is 30.0 Å². The van der Waals surface area contributed by atoms with Gasteiger partial charge in [-0.1, -0.05) is 0 Å². The minimum atomic E-state index is -0.415. The number of carbonyl (C=O) groups excluding carboxylic acids is 1. The molecular weight excluding hydrogens is 192 g/mol. The monoisotopic (exact) mass is 208 g/mol. The average molecular weight is 208 g/mol. The van der Waals surface area contributed by atoms with Crippen molar-refractivity contribution in [2.24, 2.45) is 5.73 Å². The van der Waals surface area contributed by atoms with Gasteiger partial charge in [0.15, 0.2) is 0 Å². The largest absolute Gasteiger partial charge is 0.346 e. The van der Waals surface area contributed by atoms with Crippen molar-refractivity contribution in [3.8, 4) is 0 Å². The van der Waals surface area contributed by atoms with Crippen LogP contribution in [0, 0.1) is 6.92 Å². The Morgan fingerprint density at radius 2 is 2.00 bits per heavy atom. The van der Waals surface area contributed by atoms with Gasteiger partial charge in [0, 0.05) is 24.5 Å². The number of nitrogens with one attached hydrogen (secondary N) is 1. The van der Waals surface area contributed by atoms with Crippen molar-refractivity contribution in [1.29, 1.82) is 0 Å². The molecule has 82 valence electrons. The zero-order valence-corrected chi connectivity index (χ0v) is 9.24. The molecule has 1 aromatic rings. The summed E-state index contributed by atoms with van der Waals surface area (Å²) in [6.07, 6.45) is 3.01. The number of carbonyl (C=O) groups is 1. The molecule has 0 aromatic carbocycles. The zero-order chi connectivity index (χ0) is 11.5. The Bertz CT molecular complexity index is 345. The zero-order valence-electron chi connectivity index (χ0n) is 9.24. The third-order valence-corrected chi connectivity index (χ3v) is 2.01. The van der Waals surface area contributed by atoms with E-state index in [1.165, 1.54) is 12.4 Å². The second kappa shape index (κ2) is 4.35.